The Morgan fingerprint density at radius 1 is 1.46 bits per heavy atom. The van der Waals surface area contributed by atoms with Crippen LogP contribution in [-0.2, 0) is 0 Å². The minimum absolute atomic E-state index is 0.644. The van der Waals surface area contributed by atoms with Gasteiger partial charge in [-0.1, -0.05) is 6.08 Å². The Labute approximate surface area is 86.6 Å². The molecule has 0 N–H and O–H groups in total. The standard InChI is InChI=1S/C9H10O2S2/c12-5-1-2-8-9-7(6-13-8)10-3-4-11-9/h1-2,6,12H,3-5H2. The normalized spacial score (nSPS) is 15.2. The van der Waals surface area contributed by atoms with Gasteiger partial charge in [0.25, 0.3) is 0 Å². The molecule has 0 saturated heterocycles. The summed E-state index contributed by atoms with van der Waals surface area (Å²) >= 11 is 5.74. The monoisotopic (exact) mass is 214 g/mol. The zero-order chi connectivity index (χ0) is 9.10. The first kappa shape index (κ1) is 8.97. The minimum atomic E-state index is 0.644. The first-order valence-electron chi connectivity index (χ1n) is 4.06. The molecule has 0 unspecified atom stereocenters. The molecule has 1 aromatic heterocycles. The number of hydrogen-bond donors (Lipinski definition) is 1. The summed E-state index contributed by atoms with van der Waals surface area (Å²) in [6.07, 6.45) is 4.01. The fourth-order valence-electron chi connectivity index (χ4n) is 1.16. The number of thiophene rings is 1. The van der Waals surface area contributed by atoms with Crippen LogP contribution in [0.2, 0.25) is 0 Å². The Kier molecular flexibility index (Phi) is 2.80. The van der Waals surface area contributed by atoms with Gasteiger partial charge < -0.3 is 9.47 Å². The van der Waals surface area contributed by atoms with E-state index in [-0.39, 0.29) is 0 Å². The topological polar surface area (TPSA) is 18.5 Å². The lowest BCUT2D eigenvalue weighted by molar-refractivity contribution is 0.173. The lowest BCUT2D eigenvalue weighted by atomic mass is 10.3. The van der Waals surface area contributed by atoms with Gasteiger partial charge in [0.05, 0.1) is 4.88 Å². The van der Waals surface area contributed by atoms with Crippen molar-refractivity contribution in [3.8, 4) is 11.5 Å². The predicted molar refractivity (Wildman–Crippen MR) is 58.2 cm³/mol. The number of thiol groups is 1. The highest BCUT2D eigenvalue weighted by molar-refractivity contribution is 7.80. The average Bonchev–Trinajstić information content (AvgIpc) is 2.58. The molecule has 2 nitrogen and oxygen atoms in total. The highest BCUT2D eigenvalue weighted by Crippen LogP contribution is 2.39. The maximum absolute atomic E-state index is 5.50. The second-order valence-electron chi connectivity index (χ2n) is 2.58. The maximum atomic E-state index is 5.50. The second-order valence-corrected chi connectivity index (χ2v) is 3.85. The van der Waals surface area contributed by atoms with Crippen LogP contribution in [-0.4, -0.2) is 19.0 Å². The molecule has 2 heterocycles. The highest BCUT2D eigenvalue weighted by Gasteiger charge is 2.16. The summed E-state index contributed by atoms with van der Waals surface area (Å²) in [5.74, 6) is 2.50. The van der Waals surface area contributed by atoms with E-state index >= 15 is 0 Å². The summed E-state index contributed by atoms with van der Waals surface area (Å²) in [5, 5.41) is 1.98. The number of fused-ring (bicyclic) bond motifs is 1. The predicted octanol–water partition coefficient (Wildman–Crippen LogP) is 2.46. The molecule has 0 spiro atoms. The molecule has 0 fully saturated rings. The fraction of sp³-hybridized carbons (Fsp3) is 0.333. The lowest BCUT2D eigenvalue weighted by Crippen LogP contribution is -2.14. The van der Waals surface area contributed by atoms with Gasteiger partial charge >= 0.3 is 0 Å². The molecule has 0 bridgehead atoms. The van der Waals surface area contributed by atoms with Gasteiger partial charge in [-0.2, -0.15) is 12.6 Å². The van der Waals surface area contributed by atoms with Crippen molar-refractivity contribution < 1.29 is 9.47 Å². The van der Waals surface area contributed by atoms with Crippen molar-refractivity contribution in [2.75, 3.05) is 19.0 Å². The van der Waals surface area contributed by atoms with Crippen LogP contribution in [0.3, 0.4) is 0 Å². The lowest BCUT2D eigenvalue weighted by Gasteiger charge is -2.15. The Balaban J connectivity index is 2.26. The van der Waals surface area contributed by atoms with E-state index in [0.717, 1.165) is 22.1 Å². The maximum Gasteiger partial charge on any atom is 0.179 e. The highest BCUT2D eigenvalue weighted by atomic mass is 32.1. The third-order valence-corrected chi connectivity index (χ3v) is 2.82. The molecule has 4 heteroatoms. The zero-order valence-corrected chi connectivity index (χ0v) is 8.74. The second kappa shape index (κ2) is 4.07. The molecule has 70 valence electrons. The molecular weight excluding hydrogens is 204 g/mol. The summed E-state index contributed by atoms with van der Waals surface area (Å²) in [5.41, 5.74) is 0. The first-order valence-corrected chi connectivity index (χ1v) is 5.57. The summed E-state index contributed by atoms with van der Waals surface area (Å²) in [7, 11) is 0. The van der Waals surface area contributed by atoms with Gasteiger partial charge in [-0.3, -0.25) is 0 Å². The molecule has 0 radical (unpaired) electrons. The van der Waals surface area contributed by atoms with E-state index in [1.807, 2.05) is 17.5 Å². The molecule has 2 rings (SSSR count). The van der Waals surface area contributed by atoms with Crippen LogP contribution in [0.5, 0.6) is 11.5 Å². The number of hydrogen-bond acceptors (Lipinski definition) is 4. The van der Waals surface area contributed by atoms with Crippen molar-refractivity contribution in [2.24, 2.45) is 0 Å². The van der Waals surface area contributed by atoms with Crippen molar-refractivity contribution in [3.05, 3.63) is 16.3 Å². The van der Waals surface area contributed by atoms with Crippen molar-refractivity contribution >= 4 is 30.0 Å². The Morgan fingerprint density at radius 2 is 2.31 bits per heavy atom. The minimum Gasteiger partial charge on any atom is -0.485 e. The van der Waals surface area contributed by atoms with E-state index in [0.29, 0.717) is 13.2 Å². The summed E-state index contributed by atoms with van der Waals surface area (Å²) in [6.45, 7) is 1.30. The van der Waals surface area contributed by atoms with Crippen molar-refractivity contribution in [2.45, 2.75) is 0 Å². The molecule has 1 aromatic rings. The molecule has 13 heavy (non-hydrogen) atoms. The summed E-state index contributed by atoms with van der Waals surface area (Å²) in [4.78, 5) is 1.11. The Morgan fingerprint density at radius 3 is 3.15 bits per heavy atom. The SMILES string of the molecule is SCC=Cc1scc2c1OCCO2. The molecule has 1 aliphatic heterocycles. The van der Waals surface area contributed by atoms with E-state index in [2.05, 4.69) is 12.6 Å². The van der Waals surface area contributed by atoms with Crippen molar-refractivity contribution in [3.63, 3.8) is 0 Å². The third-order valence-electron chi connectivity index (χ3n) is 1.70. The smallest absolute Gasteiger partial charge is 0.179 e. The molecule has 0 aliphatic carbocycles. The molecule has 1 aliphatic rings. The van der Waals surface area contributed by atoms with Crippen LogP contribution in [0.1, 0.15) is 4.88 Å². The van der Waals surface area contributed by atoms with E-state index in [1.54, 1.807) is 11.3 Å². The van der Waals surface area contributed by atoms with Gasteiger partial charge in [-0.05, 0) is 6.08 Å². The molecule has 0 aromatic carbocycles. The van der Waals surface area contributed by atoms with Crippen LogP contribution < -0.4 is 9.47 Å². The van der Waals surface area contributed by atoms with E-state index < -0.39 is 0 Å². The van der Waals surface area contributed by atoms with Crippen molar-refractivity contribution in [1.29, 1.82) is 0 Å². The molecule has 0 atom stereocenters. The first-order chi connectivity index (χ1) is 6.42. The Bertz CT molecular complexity index is 317. The third kappa shape index (κ3) is 1.84. The van der Waals surface area contributed by atoms with E-state index in [1.165, 1.54) is 0 Å². The summed E-state index contributed by atoms with van der Waals surface area (Å²) < 4.78 is 10.9. The average molecular weight is 214 g/mol. The van der Waals surface area contributed by atoms with E-state index in [9.17, 15) is 0 Å². The van der Waals surface area contributed by atoms with Crippen LogP contribution in [0, 0.1) is 0 Å². The van der Waals surface area contributed by atoms with Crippen LogP contribution in [0.4, 0.5) is 0 Å². The van der Waals surface area contributed by atoms with Crippen molar-refractivity contribution in [1.82, 2.24) is 0 Å². The van der Waals surface area contributed by atoms with Crippen LogP contribution in [0.25, 0.3) is 6.08 Å². The fourth-order valence-corrected chi connectivity index (χ4v) is 2.11. The zero-order valence-electron chi connectivity index (χ0n) is 7.03. The van der Waals surface area contributed by atoms with Gasteiger partial charge in [0.2, 0.25) is 0 Å². The van der Waals surface area contributed by atoms with Gasteiger partial charge in [0.1, 0.15) is 13.2 Å². The van der Waals surface area contributed by atoms with E-state index in [4.69, 9.17) is 9.47 Å². The van der Waals surface area contributed by atoms with Gasteiger partial charge in [-0.15, -0.1) is 11.3 Å². The largest absolute Gasteiger partial charge is 0.485 e. The van der Waals surface area contributed by atoms with Gasteiger partial charge in [0, 0.05) is 11.1 Å². The molecule has 0 saturated carbocycles. The summed E-state index contributed by atoms with van der Waals surface area (Å²) in [6, 6.07) is 0. The number of ether oxygens (including phenoxy) is 2. The Hall–Kier alpha value is -0.610. The molecular formula is C9H10O2S2. The quantitative estimate of drug-likeness (QED) is 0.762. The van der Waals surface area contributed by atoms with Crippen LogP contribution in [0.15, 0.2) is 11.5 Å². The van der Waals surface area contributed by atoms with Crippen LogP contribution >= 0.6 is 24.0 Å². The molecule has 0 amide bonds. The van der Waals surface area contributed by atoms with Gasteiger partial charge in [0.15, 0.2) is 11.5 Å². The van der Waals surface area contributed by atoms with Gasteiger partial charge in [-0.25, -0.2) is 0 Å². The number of rotatable bonds is 2.